The third-order valence-electron chi connectivity index (χ3n) is 1.23. The summed E-state index contributed by atoms with van der Waals surface area (Å²) in [6.45, 7) is 1.97. The van der Waals surface area contributed by atoms with Crippen molar-refractivity contribution in [3.63, 3.8) is 0 Å². The van der Waals surface area contributed by atoms with Crippen molar-refractivity contribution in [2.75, 3.05) is 18.6 Å². The van der Waals surface area contributed by atoms with Crippen LogP contribution in [0.5, 0.6) is 0 Å². The van der Waals surface area contributed by atoms with Crippen molar-refractivity contribution in [2.24, 2.45) is 5.73 Å². The van der Waals surface area contributed by atoms with Gasteiger partial charge in [-0.3, -0.25) is 4.79 Å². The minimum absolute atomic E-state index is 0.0830. The SMILES string of the molecule is CNC(=O)CSCCC(C)N. The predicted octanol–water partition coefficient (Wildman–Crippen LogP) is 0.203. The number of hydrogen-bond donors (Lipinski definition) is 2. The molecule has 11 heavy (non-hydrogen) atoms. The molecule has 3 nitrogen and oxygen atoms in total. The Morgan fingerprint density at radius 1 is 1.73 bits per heavy atom. The van der Waals surface area contributed by atoms with Gasteiger partial charge in [-0.2, -0.15) is 11.8 Å². The zero-order chi connectivity index (χ0) is 8.69. The number of amides is 1. The van der Waals surface area contributed by atoms with Crippen LogP contribution < -0.4 is 11.1 Å². The van der Waals surface area contributed by atoms with E-state index in [9.17, 15) is 4.79 Å². The van der Waals surface area contributed by atoms with Gasteiger partial charge in [-0.1, -0.05) is 0 Å². The molecule has 0 aromatic carbocycles. The molecule has 0 radical (unpaired) electrons. The standard InChI is InChI=1S/C7H16N2OS/c1-6(8)3-4-11-5-7(10)9-2/h6H,3-5,8H2,1-2H3,(H,9,10). The van der Waals surface area contributed by atoms with Gasteiger partial charge in [0.2, 0.25) is 5.91 Å². The summed E-state index contributed by atoms with van der Waals surface area (Å²) >= 11 is 1.62. The van der Waals surface area contributed by atoms with Crippen molar-refractivity contribution in [3.8, 4) is 0 Å². The van der Waals surface area contributed by atoms with Crippen LogP contribution in [0.2, 0.25) is 0 Å². The monoisotopic (exact) mass is 176 g/mol. The van der Waals surface area contributed by atoms with Crippen LogP contribution >= 0.6 is 11.8 Å². The molecule has 0 aromatic heterocycles. The van der Waals surface area contributed by atoms with Crippen molar-refractivity contribution in [1.82, 2.24) is 5.32 Å². The van der Waals surface area contributed by atoms with Gasteiger partial charge in [-0.05, 0) is 19.1 Å². The maximum absolute atomic E-state index is 10.7. The van der Waals surface area contributed by atoms with E-state index in [0.717, 1.165) is 12.2 Å². The molecule has 1 atom stereocenters. The Morgan fingerprint density at radius 2 is 2.36 bits per heavy atom. The molecule has 0 aliphatic heterocycles. The van der Waals surface area contributed by atoms with Crippen LogP contribution in [-0.2, 0) is 4.79 Å². The molecule has 4 heteroatoms. The molecule has 1 unspecified atom stereocenters. The van der Waals surface area contributed by atoms with E-state index < -0.39 is 0 Å². The van der Waals surface area contributed by atoms with Gasteiger partial charge in [0.15, 0.2) is 0 Å². The summed E-state index contributed by atoms with van der Waals surface area (Å²) in [5, 5.41) is 2.56. The largest absolute Gasteiger partial charge is 0.358 e. The van der Waals surface area contributed by atoms with E-state index in [2.05, 4.69) is 5.32 Å². The molecule has 0 aromatic rings. The van der Waals surface area contributed by atoms with Crippen LogP contribution in [-0.4, -0.2) is 30.5 Å². The molecular formula is C7H16N2OS. The van der Waals surface area contributed by atoms with E-state index >= 15 is 0 Å². The second-order valence-electron chi connectivity index (χ2n) is 2.49. The Morgan fingerprint density at radius 3 is 2.82 bits per heavy atom. The predicted molar refractivity (Wildman–Crippen MR) is 49.7 cm³/mol. The molecule has 0 heterocycles. The topological polar surface area (TPSA) is 55.1 Å². The fourth-order valence-electron chi connectivity index (χ4n) is 0.506. The summed E-state index contributed by atoms with van der Waals surface area (Å²) < 4.78 is 0. The lowest BCUT2D eigenvalue weighted by Gasteiger charge is -2.03. The highest BCUT2D eigenvalue weighted by Gasteiger charge is 1.98. The van der Waals surface area contributed by atoms with Crippen molar-refractivity contribution in [2.45, 2.75) is 19.4 Å². The second kappa shape index (κ2) is 6.49. The molecular weight excluding hydrogens is 160 g/mol. The van der Waals surface area contributed by atoms with Gasteiger partial charge in [-0.25, -0.2) is 0 Å². The van der Waals surface area contributed by atoms with Crippen LogP contribution in [0.15, 0.2) is 0 Å². The molecule has 0 aliphatic carbocycles. The molecule has 0 fully saturated rings. The number of hydrogen-bond acceptors (Lipinski definition) is 3. The van der Waals surface area contributed by atoms with Crippen molar-refractivity contribution in [1.29, 1.82) is 0 Å². The van der Waals surface area contributed by atoms with Gasteiger partial charge >= 0.3 is 0 Å². The lowest BCUT2D eigenvalue weighted by molar-refractivity contribution is -0.118. The van der Waals surface area contributed by atoms with E-state index in [1.165, 1.54) is 0 Å². The fourth-order valence-corrected chi connectivity index (χ4v) is 1.52. The van der Waals surface area contributed by atoms with Gasteiger partial charge in [0.05, 0.1) is 5.75 Å². The highest BCUT2D eigenvalue weighted by Crippen LogP contribution is 2.02. The van der Waals surface area contributed by atoms with Crippen molar-refractivity contribution in [3.05, 3.63) is 0 Å². The molecule has 0 rings (SSSR count). The third kappa shape index (κ3) is 7.68. The van der Waals surface area contributed by atoms with Crippen LogP contribution in [0.3, 0.4) is 0 Å². The first-order valence-electron chi connectivity index (χ1n) is 3.70. The van der Waals surface area contributed by atoms with E-state index in [4.69, 9.17) is 5.73 Å². The van der Waals surface area contributed by atoms with E-state index in [0.29, 0.717) is 5.75 Å². The number of thioether (sulfide) groups is 1. The lowest BCUT2D eigenvalue weighted by atomic mass is 10.3. The van der Waals surface area contributed by atoms with Gasteiger partial charge in [0.1, 0.15) is 0 Å². The first-order chi connectivity index (χ1) is 5.16. The number of nitrogens with two attached hydrogens (primary N) is 1. The normalized spacial score (nSPS) is 12.6. The minimum atomic E-state index is 0.0830. The van der Waals surface area contributed by atoms with Crippen LogP contribution in [0, 0.1) is 0 Å². The van der Waals surface area contributed by atoms with Crippen molar-refractivity contribution >= 4 is 17.7 Å². The van der Waals surface area contributed by atoms with Crippen LogP contribution in [0.4, 0.5) is 0 Å². The summed E-state index contributed by atoms with van der Waals surface area (Å²) in [7, 11) is 1.65. The molecule has 0 bridgehead atoms. The zero-order valence-electron chi connectivity index (χ0n) is 7.09. The highest BCUT2D eigenvalue weighted by atomic mass is 32.2. The molecule has 66 valence electrons. The number of carbonyl (C=O) groups excluding carboxylic acids is 1. The highest BCUT2D eigenvalue weighted by molar-refractivity contribution is 7.99. The number of carbonyl (C=O) groups is 1. The zero-order valence-corrected chi connectivity index (χ0v) is 7.91. The van der Waals surface area contributed by atoms with Crippen LogP contribution in [0.25, 0.3) is 0 Å². The van der Waals surface area contributed by atoms with Gasteiger partial charge < -0.3 is 11.1 Å². The molecule has 1 amide bonds. The van der Waals surface area contributed by atoms with E-state index in [-0.39, 0.29) is 11.9 Å². The Bertz CT molecular complexity index is 117. The molecule has 0 saturated carbocycles. The lowest BCUT2D eigenvalue weighted by Crippen LogP contribution is -2.21. The average molecular weight is 176 g/mol. The smallest absolute Gasteiger partial charge is 0.229 e. The minimum Gasteiger partial charge on any atom is -0.358 e. The van der Waals surface area contributed by atoms with Gasteiger partial charge in [-0.15, -0.1) is 0 Å². The number of rotatable bonds is 5. The van der Waals surface area contributed by atoms with Crippen LogP contribution in [0.1, 0.15) is 13.3 Å². The summed E-state index contributed by atoms with van der Waals surface area (Å²) in [5.74, 6) is 1.59. The summed E-state index contributed by atoms with van der Waals surface area (Å²) in [6.07, 6.45) is 0.974. The Hall–Kier alpha value is -0.220. The summed E-state index contributed by atoms with van der Waals surface area (Å²) in [6, 6.07) is 0.243. The van der Waals surface area contributed by atoms with Gasteiger partial charge in [0, 0.05) is 13.1 Å². The van der Waals surface area contributed by atoms with E-state index in [1.54, 1.807) is 18.8 Å². The summed E-state index contributed by atoms with van der Waals surface area (Å²) in [4.78, 5) is 10.7. The Kier molecular flexibility index (Phi) is 6.36. The molecule has 0 spiro atoms. The maximum Gasteiger partial charge on any atom is 0.229 e. The number of nitrogens with one attached hydrogen (secondary N) is 1. The molecule has 3 N–H and O–H groups in total. The van der Waals surface area contributed by atoms with E-state index in [1.807, 2.05) is 6.92 Å². The average Bonchev–Trinajstić information content (AvgIpc) is 1.97. The molecule has 0 aliphatic rings. The first kappa shape index (κ1) is 10.8. The quantitative estimate of drug-likeness (QED) is 0.588. The van der Waals surface area contributed by atoms with Gasteiger partial charge in [0.25, 0.3) is 0 Å². The second-order valence-corrected chi connectivity index (χ2v) is 3.60. The summed E-state index contributed by atoms with van der Waals surface area (Å²) in [5.41, 5.74) is 5.53. The maximum atomic E-state index is 10.7. The van der Waals surface area contributed by atoms with Crippen molar-refractivity contribution < 1.29 is 4.79 Å². The fraction of sp³-hybridized carbons (Fsp3) is 0.857. The Balaban J connectivity index is 3.08. The third-order valence-corrected chi connectivity index (χ3v) is 2.22. The molecule has 0 saturated heterocycles. The first-order valence-corrected chi connectivity index (χ1v) is 4.86. The Labute approximate surface area is 72.1 Å².